The van der Waals surface area contributed by atoms with Crippen molar-refractivity contribution in [3.63, 3.8) is 0 Å². The molecule has 1 fully saturated rings. The van der Waals surface area contributed by atoms with Crippen LogP contribution in [0.5, 0.6) is 0 Å². The van der Waals surface area contributed by atoms with Crippen LogP contribution >= 0.6 is 0 Å². The van der Waals surface area contributed by atoms with Crippen LogP contribution in [0.2, 0.25) is 0 Å². The fourth-order valence-electron chi connectivity index (χ4n) is 2.65. The summed E-state index contributed by atoms with van der Waals surface area (Å²) in [6.07, 6.45) is 4.35. The Morgan fingerprint density at radius 1 is 1.12 bits per heavy atom. The van der Waals surface area contributed by atoms with Crippen LogP contribution in [-0.2, 0) is 14.3 Å². The van der Waals surface area contributed by atoms with Gasteiger partial charge in [0.2, 0.25) is 0 Å². The number of carbonyl (C=O) groups excluding carboxylic acids is 2. The Balaban J connectivity index is 2.01. The molecule has 6 heteroatoms. The normalized spacial score (nSPS) is 15.0. The lowest BCUT2D eigenvalue weighted by Crippen LogP contribution is -2.40. The quantitative estimate of drug-likeness (QED) is 0.360. The van der Waals surface area contributed by atoms with E-state index < -0.39 is 0 Å². The lowest BCUT2D eigenvalue weighted by Gasteiger charge is -2.29. The van der Waals surface area contributed by atoms with Gasteiger partial charge in [0.25, 0.3) is 0 Å². The number of benzene rings is 1. The Morgan fingerprint density at radius 3 is 2.50 bits per heavy atom. The number of carbonyl (C=O) groups is 2. The zero-order valence-corrected chi connectivity index (χ0v) is 14.2. The van der Waals surface area contributed by atoms with Gasteiger partial charge in [-0.25, -0.2) is 0 Å². The molecule has 1 aromatic rings. The molecule has 1 aliphatic rings. The minimum absolute atomic E-state index is 0.0377. The van der Waals surface area contributed by atoms with Crippen molar-refractivity contribution in [2.75, 3.05) is 25.6 Å². The van der Waals surface area contributed by atoms with Crippen LogP contribution in [-0.4, -0.2) is 42.7 Å². The number of amidine groups is 1. The number of piperidine rings is 1. The summed E-state index contributed by atoms with van der Waals surface area (Å²) < 4.78 is 4.61. The van der Waals surface area contributed by atoms with E-state index in [0.717, 1.165) is 31.6 Å². The molecule has 1 N–H and O–H groups in total. The van der Waals surface area contributed by atoms with Crippen molar-refractivity contribution in [2.24, 2.45) is 5.10 Å². The minimum Gasteiger partial charge on any atom is -0.469 e. The number of ketones is 1. The third-order valence-corrected chi connectivity index (χ3v) is 3.98. The summed E-state index contributed by atoms with van der Waals surface area (Å²) in [6, 6.07) is 9.56. The molecule has 0 radical (unpaired) electrons. The average molecular weight is 331 g/mol. The van der Waals surface area contributed by atoms with Gasteiger partial charge in [-0.1, -0.05) is 18.2 Å². The zero-order chi connectivity index (χ0) is 17.2. The first-order chi connectivity index (χ1) is 11.7. The highest BCUT2D eigenvalue weighted by molar-refractivity contribution is 6.38. The molecule has 0 amide bonds. The Morgan fingerprint density at radius 2 is 1.83 bits per heavy atom. The maximum absolute atomic E-state index is 12.6. The van der Waals surface area contributed by atoms with Gasteiger partial charge < -0.3 is 9.64 Å². The van der Waals surface area contributed by atoms with Gasteiger partial charge in [-0.3, -0.25) is 15.0 Å². The van der Waals surface area contributed by atoms with Gasteiger partial charge in [0.05, 0.1) is 12.8 Å². The molecule has 1 aromatic carbocycles. The number of likely N-dealkylation sites (tertiary alicyclic amines) is 1. The maximum Gasteiger partial charge on any atom is 0.305 e. The number of rotatable bonds is 7. The monoisotopic (exact) mass is 331 g/mol. The predicted octanol–water partition coefficient (Wildman–Crippen LogP) is 2.81. The van der Waals surface area contributed by atoms with E-state index in [1.54, 1.807) is 0 Å². The average Bonchev–Trinajstić information content (AvgIpc) is 2.63. The molecule has 1 heterocycles. The van der Waals surface area contributed by atoms with Crippen LogP contribution < -0.4 is 5.43 Å². The first-order valence-corrected chi connectivity index (χ1v) is 8.44. The van der Waals surface area contributed by atoms with Crippen LogP contribution in [0, 0.1) is 0 Å². The van der Waals surface area contributed by atoms with Crippen molar-refractivity contribution in [3.05, 3.63) is 30.3 Å². The SMILES string of the molecule is COC(=O)CCCC(=O)C(=NNc1ccccc1)N1CCCCC1. The van der Waals surface area contributed by atoms with E-state index in [4.69, 9.17) is 0 Å². The van der Waals surface area contributed by atoms with Crippen molar-refractivity contribution in [3.8, 4) is 0 Å². The smallest absolute Gasteiger partial charge is 0.305 e. The Kier molecular flexibility index (Phi) is 7.26. The van der Waals surface area contributed by atoms with E-state index in [1.165, 1.54) is 13.5 Å². The van der Waals surface area contributed by atoms with Gasteiger partial charge in [0.15, 0.2) is 11.6 Å². The molecule has 130 valence electrons. The number of hydrazone groups is 1. The molecule has 1 saturated heterocycles. The second-order valence-corrected chi connectivity index (χ2v) is 5.81. The minimum atomic E-state index is -0.290. The number of nitrogens with zero attached hydrogens (tertiary/aromatic N) is 2. The highest BCUT2D eigenvalue weighted by Gasteiger charge is 2.21. The molecule has 0 aromatic heterocycles. The Hall–Kier alpha value is -2.37. The third kappa shape index (κ3) is 5.68. The molecular weight excluding hydrogens is 306 g/mol. The van der Waals surface area contributed by atoms with Gasteiger partial charge in [0, 0.05) is 25.9 Å². The molecule has 0 saturated carbocycles. The number of esters is 1. The highest BCUT2D eigenvalue weighted by atomic mass is 16.5. The molecule has 0 spiro atoms. The second-order valence-electron chi connectivity index (χ2n) is 5.81. The van der Waals surface area contributed by atoms with E-state index in [0.29, 0.717) is 18.7 Å². The summed E-state index contributed by atoms with van der Waals surface area (Å²) in [5.74, 6) is 0.134. The third-order valence-electron chi connectivity index (χ3n) is 3.98. The van der Waals surface area contributed by atoms with E-state index in [9.17, 15) is 9.59 Å². The zero-order valence-electron chi connectivity index (χ0n) is 14.2. The van der Waals surface area contributed by atoms with Crippen molar-refractivity contribution in [1.29, 1.82) is 0 Å². The fraction of sp³-hybridized carbons (Fsp3) is 0.500. The summed E-state index contributed by atoms with van der Waals surface area (Å²) in [6.45, 7) is 1.69. The molecule has 6 nitrogen and oxygen atoms in total. The number of methoxy groups -OCH3 is 1. The lowest BCUT2D eigenvalue weighted by molar-refractivity contribution is -0.140. The number of ether oxygens (including phenoxy) is 1. The predicted molar refractivity (Wildman–Crippen MR) is 93.8 cm³/mol. The van der Waals surface area contributed by atoms with Crippen LogP contribution in [0.25, 0.3) is 0 Å². The molecule has 0 bridgehead atoms. The molecule has 0 unspecified atom stereocenters. The molecule has 24 heavy (non-hydrogen) atoms. The molecule has 0 atom stereocenters. The summed E-state index contributed by atoms with van der Waals surface area (Å²) in [5, 5.41) is 4.36. The second kappa shape index (κ2) is 9.70. The maximum atomic E-state index is 12.6. The fourth-order valence-corrected chi connectivity index (χ4v) is 2.65. The summed E-state index contributed by atoms with van der Waals surface area (Å²) in [5.41, 5.74) is 3.81. The summed E-state index contributed by atoms with van der Waals surface area (Å²) >= 11 is 0. The number of hydrogen-bond donors (Lipinski definition) is 1. The van der Waals surface area contributed by atoms with Crippen LogP contribution in [0.3, 0.4) is 0 Å². The van der Waals surface area contributed by atoms with Gasteiger partial charge in [-0.2, -0.15) is 5.10 Å². The number of hydrogen-bond acceptors (Lipinski definition) is 5. The van der Waals surface area contributed by atoms with Crippen molar-refractivity contribution < 1.29 is 14.3 Å². The number of nitrogens with one attached hydrogen (secondary N) is 1. The first kappa shape index (κ1) is 18.0. The molecular formula is C18H25N3O3. The molecule has 0 aliphatic carbocycles. The first-order valence-electron chi connectivity index (χ1n) is 8.44. The Bertz CT molecular complexity index is 566. The van der Waals surface area contributed by atoms with E-state index in [-0.39, 0.29) is 18.2 Å². The van der Waals surface area contributed by atoms with Crippen molar-refractivity contribution in [1.82, 2.24) is 4.90 Å². The number of para-hydroxylation sites is 1. The summed E-state index contributed by atoms with van der Waals surface area (Å²) in [4.78, 5) is 25.8. The van der Waals surface area contributed by atoms with Gasteiger partial charge in [0.1, 0.15) is 0 Å². The number of anilines is 1. The van der Waals surface area contributed by atoms with E-state index in [2.05, 4.69) is 15.3 Å². The van der Waals surface area contributed by atoms with E-state index >= 15 is 0 Å². The van der Waals surface area contributed by atoms with Crippen molar-refractivity contribution >= 4 is 23.3 Å². The van der Waals surface area contributed by atoms with Gasteiger partial charge in [-0.15, -0.1) is 0 Å². The van der Waals surface area contributed by atoms with Crippen LogP contribution in [0.4, 0.5) is 5.69 Å². The van der Waals surface area contributed by atoms with Crippen LogP contribution in [0.15, 0.2) is 35.4 Å². The summed E-state index contributed by atoms with van der Waals surface area (Å²) in [7, 11) is 1.36. The van der Waals surface area contributed by atoms with Gasteiger partial charge >= 0.3 is 5.97 Å². The lowest BCUT2D eigenvalue weighted by atomic mass is 10.1. The van der Waals surface area contributed by atoms with Gasteiger partial charge in [-0.05, 0) is 37.8 Å². The molecule has 1 aliphatic heterocycles. The topological polar surface area (TPSA) is 71.0 Å². The Labute approximate surface area is 142 Å². The standard InChI is InChI=1S/C18H25N3O3/c1-24-17(23)12-8-11-16(22)18(21-13-6-3-7-14-21)20-19-15-9-4-2-5-10-15/h2,4-5,9-10,19H,3,6-8,11-14H2,1H3. The van der Waals surface area contributed by atoms with Crippen molar-refractivity contribution in [2.45, 2.75) is 38.5 Å². The highest BCUT2D eigenvalue weighted by Crippen LogP contribution is 2.13. The van der Waals surface area contributed by atoms with Crippen LogP contribution in [0.1, 0.15) is 38.5 Å². The largest absolute Gasteiger partial charge is 0.469 e. The van der Waals surface area contributed by atoms with E-state index in [1.807, 2.05) is 35.2 Å². The molecule has 2 rings (SSSR count). The number of Topliss-reactive ketones (excluding diaryl/α,β-unsaturated/α-hetero) is 1.